The van der Waals surface area contributed by atoms with Crippen LogP contribution in [-0.4, -0.2) is 24.1 Å². The van der Waals surface area contributed by atoms with Crippen molar-refractivity contribution >= 4 is 27.3 Å². The van der Waals surface area contributed by atoms with Gasteiger partial charge in [-0.15, -0.1) is 0 Å². The summed E-state index contributed by atoms with van der Waals surface area (Å²) in [6, 6.07) is 18.6. The zero-order valence-electron chi connectivity index (χ0n) is 17.9. The number of anilines is 2. The van der Waals surface area contributed by atoms with Crippen LogP contribution in [0.15, 0.2) is 83.9 Å². The van der Waals surface area contributed by atoms with E-state index in [9.17, 15) is 17.6 Å². The maximum atomic E-state index is 13.0. The molecule has 0 aliphatic carbocycles. The molecule has 0 atom stereocenters. The van der Waals surface area contributed by atoms with Gasteiger partial charge >= 0.3 is 0 Å². The van der Waals surface area contributed by atoms with Gasteiger partial charge in [0.1, 0.15) is 5.82 Å². The Morgan fingerprint density at radius 2 is 1.48 bits per heavy atom. The van der Waals surface area contributed by atoms with Gasteiger partial charge in [-0.1, -0.05) is 17.7 Å². The van der Waals surface area contributed by atoms with E-state index >= 15 is 0 Å². The molecule has 0 radical (unpaired) electrons. The predicted octanol–water partition coefficient (Wildman–Crippen LogP) is 4.68. The molecule has 7 nitrogen and oxygen atoms in total. The third-order valence-electron chi connectivity index (χ3n) is 5.05. The van der Waals surface area contributed by atoms with E-state index in [1.807, 2.05) is 38.1 Å². The topological polar surface area (TPSA) is 93.1 Å². The molecule has 0 aliphatic heterocycles. The fourth-order valence-electron chi connectivity index (χ4n) is 3.23. The number of sulfonamides is 1. The summed E-state index contributed by atoms with van der Waals surface area (Å²) in [6.45, 7) is 3.81. The normalized spacial score (nSPS) is 11.2. The molecule has 0 spiro atoms. The van der Waals surface area contributed by atoms with Crippen molar-refractivity contribution in [1.82, 2.24) is 9.78 Å². The molecule has 4 aromatic rings. The first-order chi connectivity index (χ1) is 15.7. The fourth-order valence-corrected chi connectivity index (χ4v) is 4.29. The number of carbonyl (C=O) groups is 1. The number of nitrogens with zero attached hydrogens (tertiary/aromatic N) is 2. The average Bonchev–Trinajstić information content (AvgIpc) is 3.17. The molecular weight excluding hydrogens is 443 g/mol. The van der Waals surface area contributed by atoms with Crippen molar-refractivity contribution in [3.63, 3.8) is 0 Å². The van der Waals surface area contributed by atoms with Gasteiger partial charge in [0.25, 0.3) is 15.9 Å². The van der Waals surface area contributed by atoms with Crippen LogP contribution in [0.2, 0.25) is 0 Å². The second-order valence-corrected chi connectivity index (χ2v) is 9.16. The number of benzene rings is 3. The smallest absolute Gasteiger partial charge is 0.261 e. The van der Waals surface area contributed by atoms with E-state index in [4.69, 9.17) is 0 Å². The third kappa shape index (κ3) is 4.93. The van der Waals surface area contributed by atoms with Crippen LogP contribution in [0, 0.1) is 19.7 Å². The summed E-state index contributed by atoms with van der Waals surface area (Å²) >= 11 is 0. The van der Waals surface area contributed by atoms with Gasteiger partial charge in [0, 0.05) is 11.4 Å². The number of hydrogen-bond donors (Lipinski definition) is 2. The molecule has 0 saturated heterocycles. The zero-order chi connectivity index (χ0) is 23.6. The molecule has 1 heterocycles. The zero-order valence-corrected chi connectivity index (χ0v) is 18.7. The van der Waals surface area contributed by atoms with Crippen LogP contribution < -0.4 is 10.0 Å². The Kier molecular flexibility index (Phi) is 5.97. The summed E-state index contributed by atoms with van der Waals surface area (Å²) in [5, 5.41) is 7.11. The number of aromatic nitrogens is 2. The van der Waals surface area contributed by atoms with Crippen LogP contribution in [0.5, 0.6) is 0 Å². The highest BCUT2D eigenvalue weighted by Crippen LogP contribution is 2.20. The molecule has 9 heteroatoms. The van der Waals surface area contributed by atoms with Crippen LogP contribution in [0.3, 0.4) is 0 Å². The highest BCUT2D eigenvalue weighted by atomic mass is 32.2. The summed E-state index contributed by atoms with van der Waals surface area (Å²) in [4.78, 5) is 12.7. The molecule has 0 fully saturated rings. The summed E-state index contributed by atoms with van der Waals surface area (Å²) in [5.74, 6) is -0.848. The number of aryl methyl sites for hydroxylation is 1. The molecular formula is C24H21FN4O3S. The van der Waals surface area contributed by atoms with E-state index in [0.29, 0.717) is 22.6 Å². The lowest BCUT2D eigenvalue weighted by Gasteiger charge is -2.10. The molecule has 168 valence electrons. The molecule has 1 amide bonds. The molecule has 33 heavy (non-hydrogen) atoms. The van der Waals surface area contributed by atoms with Crippen molar-refractivity contribution in [2.24, 2.45) is 0 Å². The van der Waals surface area contributed by atoms with Gasteiger partial charge in [-0.2, -0.15) is 5.10 Å². The van der Waals surface area contributed by atoms with Gasteiger partial charge in [-0.05, 0) is 74.5 Å². The maximum Gasteiger partial charge on any atom is 0.261 e. The largest absolute Gasteiger partial charge is 0.322 e. The van der Waals surface area contributed by atoms with Crippen molar-refractivity contribution in [1.29, 1.82) is 0 Å². The monoisotopic (exact) mass is 464 g/mol. The Morgan fingerprint density at radius 3 is 2.12 bits per heavy atom. The molecule has 1 aromatic heterocycles. The first kappa shape index (κ1) is 22.2. The fraction of sp³-hybridized carbons (Fsp3) is 0.0833. The number of hydrogen-bond acceptors (Lipinski definition) is 4. The van der Waals surface area contributed by atoms with Crippen molar-refractivity contribution in [3.8, 4) is 5.69 Å². The molecule has 3 aromatic carbocycles. The maximum absolute atomic E-state index is 13.0. The second kappa shape index (κ2) is 8.87. The lowest BCUT2D eigenvalue weighted by atomic mass is 10.2. The highest BCUT2D eigenvalue weighted by Gasteiger charge is 2.17. The summed E-state index contributed by atoms with van der Waals surface area (Å²) < 4.78 is 42.0. The van der Waals surface area contributed by atoms with Crippen LogP contribution in [0.25, 0.3) is 5.69 Å². The van der Waals surface area contributed by atoms with Gasteiger partial charge in [0.2, 0.25) is 0 Å². The number of rotatable bonds is 6. The molecule has 2 N–H and O–H groups in total. The number of amides is 1. The number of carbonyl (C=O) groups excluding carboxylic acids is 1. The Hall–Kier alpha value is -3.98. The van der Waals surface area contributed by atoms with E-state index in [-0.39, 0.29) is 10.8 Å². The Bertz CT molecular complexity index is 1400. The van der Waals surface area contributed by atoms with Crippen LogP contribution in [0.1, 0.15) is 21.6 Å². The number of nitrogens with one attached hydrogen (secondary N) is 2. The Balaban J connectivity index is 1.45. The van der Waals surface area contributed by atoms with Crippen LogP contribution in [-0.2, 0) is 10.0 Å². The van der Waals surface area contributed by atoms with Crippen molar-refractivity contribution < 1.29 is 17.6 Å². The van der Waals surface area contributed by atoms with E-state index < -0.39 is 15.8 Å². The minimum atomic E-state index is -3.86. The van der Waals surface area contributed by atoms with Gasteiger partial charge in [-0.3, -0.25) is 9.52 Å². The molecule has 0 bridgehead atoms. The Morgan fingerprint density at radius 1 is 0.879 bits per heavy atom. The van der Waals surface area contributed by atoms with Crippen molar-refractivity contribution in [3.05, 3.63) is 102 Å². The molecule has 4 rings (SSSR count). The minimum Gasteiger partial charge on any atom is -0.322 e. The molecule has 0 aliphatic rings. The Labute approximate surface area is 190 Å². The molecule has 0 saturated carbocycles. The predicted molar refractivity (Wildman–Crippen MR) is 125 cm³/mol. The van der Waals surface area contributed by atoms with Gasteiger partial charge in [0.15, 0.2) is 0 Å². The van der Waals surface area contributed by atoms with Gasteiger partial charge in [-0.25, -0.2) is 17.5 Å². The third-order valence-corrected chi connectivity index (χ3v) is 6.45. The summed E-state index contributed by atoms with van der Waals surface area (Å²) in [7, 11) is -3.86. The summed E-state index contributed by atoms with van der Waals surface area (Å²) in [5.41, 5.74) is 3.91. The molecule has 0 unspecified atom stereocenters. The first-order valence-corrected chi connectivity index (χ1v) is 11.5. The highest BCUT2D eigenvalue weighted by molar-refractivity contribution is 7.92. The average molecular weight is 465 g/mol. The lowest BCUT2D eigenvalue weighted by Crippen LogP contribution is -2.14. The van der Waals surface area contributed by atoms with E-state index in [2.05, 4.69) is 15.1 Å². The second-order valence-electron chi connectivity index (χ2n) is 7.48. The van der Waals surface area contributed by atoms with Crippen molar-refractivity contribution in [2.75, 3.05) is 10.0 Å². The van der Waals surface area contributed by atoms with Crippen molar-refractivity contribution in [2.45, 2.75) is 18.7 Å². The number of halogens is 1. The quantitative estimate of drug-likeness (QED) is 0.433. The van der Waals surface area contributed by atoms with Gasteiger partial charge in [0.05, 0.1) is 28.0 Å². The summed E-state index contributed by atoms with van der Waals surface area (Å²) in [6.07, 6.45) is 1.51. The van der Waals surface area contributed by atoms with Crippen LogP contribution in [0.4, 0.5) is 15.8 Å². The standard InChI is InChI=1S/C24H21FN4O3S/c1-16-3-11-21(12-4-16)29-17(2)23(15-26-29)24(30)27-19-7-9-20(10-8-19)28-33(31,32)22-13-5-18(25)6-14-22/h3-15,28H,1-2H3,(H,27,30). The minimum absolute atomic E-state index is 0.0534. The SMILES string of the molecule is Cc1ccc(-n2ncc(C(=O)Nc3ccc(NS(=O)(=O)c4ccc(F)cc4)cc3)c2C)cc1. The lowest BCUT2D eigenvalue weighted by molar-refractivity contribution is 0.102. The first-order valence-electron chi connectivity index (χ1n) is 10.0. The van der Waals surface area contributed by atoms with E-state index in [1.165, 1.54) is 30.5 Å². The van der Waals surface area contributed by atoms with E-state index in [1.54, 1.807) is 16.8 Å². The van der Waals surface area contributed by atoms with Crippen LogP contribution >= 0.6 is 0 Å². The van der Waals surface area contributed by atoms with E-state index in [0.717, 1.165) is 23.4 Å². The van der Waals surface area contributed by atoms with Gasteiger partial charge < -0.3 is 5.32 Å².